The van der Waals surface area contributed by atoms with Gasteiger partial charge in [0.05, 0.1) is 13.0 Å². The fourth-order valence-electron chi connectivity index (χ4n) is 2.70. The molecule has 0 heterocycles. The van der Waals surface area contributed by atoms with E-state index in [-0.39, 0.29) is 12.5 Å². The van der Waals surface area contributed by atoms with E-state index in [2.05, 4.69) is 36.6 Å². The van der Waals surface area contributed by atoms with Crippen molar-refractivity contribution in [3.8, 4) is 0 Å². The monoisotopic (exact) mass is 384 g/mol. The van der Waals surface area contributed by atoms with Gasteiger partial charge in [-0.25, -0.2) is 4.79 Å². The number of hydrogen-bond donors (Lipinski definition) is 2. The molecule has 0 spiro atoms. The zero-order valence-corrected chi connectivity index (χ0v) is 16.7. The van der Waals surface area contributed by atoms with Crippen molar-refractivity contribution >= 4 is 23.4 Å². The molecule has 0 aliphatic heterocycles. The van der Waals surface area contributed by atoms with E-state index >= 15 is 0 Å². The van der Waals surface area contributed by atoms with Crippen molar-refractivity contribution in [2.75, 3.05) is 31.0 Å². The average molecular weight is 384 g/mol. The van der Waals surface area contributed by atoms with Gasteiger partial charge in [0.15, 0.2) is 0 Å². The molecule has 150 valence electrons. The molecule has 0 saturated carbocycles. The van der Waals surface area contributed by atoms with Gasteiger partial charge in [0.25, 0.3) is 0 Å². The summed E-state index contributed by atoms with van der Waals surface area (Å²) in [7, 11) is 1.54. The molecule has 0 bridgehead atoms. The fourth-order valence-corrected chi connectivity index (χ4v) is 2.70. The third-order valence-corrected chi connectivity index (χ3v) is 3.94. The summed E-state index contributed by atoms with van der Waals surface area (Å²) >= 11 is 0. The van der Waals surface area contributed by atoms with Crippen molar-refractivity contribution in [1.29, 1.82) is 0 Å². The van der Waals surface area contributed by atoms with Gasteiger partial charge in [0.2, 0.25) is 5.91 Å². The van der Waals surface area contributed by atoms with Crippen LogP contribution >= 0.6 is 0 Å². The number of ether oxygens (including phenoxy) is 2. The Morgan fingerprint density at radius 1 is 0.929 bits per heavy atom. The smallest absolute Gasteiger partial charge is 0.411 e. The van der Waals surface area contributed by atoms with E-state index in [1.54, 1.807) is 24.3 Å². The number of nitrogens with one attached hydrogen (secondary N) is 2. The first-order valence-electron chi connectivity index (χ1n) is 9.36. The second-order valence-corrected chi connectivity index (χ2v) is 6.97. The second kappa shape index (κ2) is 11.1. The lowest BCUT2D eigenvalue weighted by Crippen LogP contribution is -2.17. The molecular formula is C22H28N2O4. The fraction of sp³-hybridized carbons (Fsp3) is 0.364. The Morgan fingerprint density at radius 3 is 2.21 bits per heavy atom. The van der Waals surface area contributed by atoms with Crippen LogP contribution in [0.15, 0.2) is 48.5 Å². The van der Waals surface area contributed by atoms with Crippen LogP contribution in [0.2, 0.25) is 0 Å². The Bertz CT molecular complexity index is 772. The number of carbonyl (C=O) groups excluding carboxylic acids is 2. The molecule has 0 aliphatic carbocycles. The Labute approximate surface area is 166 Å². The molecule has 2 N–H and O–H groups in total. The summed E-state index contributed by atoms with van der Waals surface area (Å²) in [6, 6.07) is 15.1. The van der Waals surface area contributed by atoms with Crippen LogP contribution < -0.4 is 10.6 Å². The number of rotatable bonds is 9. The summed E-state index contributed by atoms with van der Waals surface area (Å²) in [6.07, 6.45) is 0.751. The van der Waals surface area contributed by atoms with Gasteiger partial charge in [-0.05, 0) is 41.7 Å². The molecule has 2 rings (SSSR count). The van der Waals surface area contributed by atoms with Crippen LogP contribution in [0, 0.1) is 5.92 Å². The Morgan fingerprint density at radius 2 is 1.57 bits per heavy atom. The minimum atomic E-state index is -0.568. The molecule has 6 nitrogen and oxygen atoms in total. The number of hydrogen-bond acceptors (Lipinski definition) is 4. The van der Waals surface area contributed by atoms with Crippen LogP contribution in [0.3, 0.4) is 0 Å². The third kappa shape index (κ3) is 7.80. The SMILES string of the molecule is COCCOC(=O)Nc1cccc(NC(=O)Cc2ccc(CC(C)C)cc2)c1. The first-order chi connectivity index (χ1) is 13.5. The first-order valence-corrected chi connectivity index (χ1v) is 9.36. The van der Waals surface area contributed by atoms with Gasteiger partial charge in [-0.3, -0.25) is 10.1 Å². The van der Waals surface area contributed by atoms with Crippen molar-refractivity contribution in [1.82, 2.24) is 0 Å². The van der Waals surface area contributed by atoms with E-state index in [1.165, 1.54) is 12.7 Å². The van der Waals surface area contributed by atoms with E-state index in [0.29, 0.717) is 30.3 Å². The summed E-state index contributed by atoms with van der Waals surface area (Å²) < 4.78 is 9.78. The maximum absolute atomic E-state index is 12.3. The lowest BCUT2D eigenvalue weighted by Gasteiger charge is -2.10. The highest BCUT2D eigenvalue weighted by Gasteiger charge is 2.07. The van der Waals surface area contributed by atoms with Crippen molar-refractivity contribution in [3.63, 3.8) is 0 Å². The minimum Gasteiger partial charge on any atom is -0.447 e. The van der Waals surface area contributed by atoms with Crippen LogP contribution in [-0.4, -0.2) is 32.3 Å². The lowest BCUT2D eigenvalue weighted by molar-refractivity contribution is -0.115. The van der Waals surface area contributed by atoms with Crippen LogP contribution in [0.5, 0.6) is 0 Å². The quantitative estimate of drug-likeness (QED) is 0.633. The number of methoxy groups -OCH3 is 1. The lowest BCUT2D eigenvalue weighted by atomic mass is 10.0. The van der Waals surface area contributed by atoms with Crippen LogP contribution in [-0.2, 0) is 27.1 Å². The molecule has 0 saturated heterocycles. The Kier molecular flexibility index (Phi) is 8.49. The largest absolute Gasteiger partial charge is 0.447 e. The molecular weight excluding hydrogens is 356 g/mol. The molecule has 6 heteroatoms. The number of benzene rings is 2. The molecule has 0 fully saturated rings. The molecule has 2 aromatic rings. The third-order valence-electron chi connectivity index (χ3n) is 3.94. The number of anilines is 2. The standard InChI is InChI=1S/C22H28N2O4/c1-16(2)13-17-7-9-18(10-8-17)14-21(25)23-19-5-4-6-20(15-19)24-22(26)28-12-11-27-3/h4-10,15-16H,11-14H2,1-3H3,(H,23,25)(H,24,26). The molecule has 0 aliphatic rings. The van der Waals surface area contributed by atoms with Gasteiger partial charge in [-0.2, -0.15) is 0 Å². The van der Waals surface area contributed by atoms with Gasteiger partial charge in [-0.15, -0.1) is 0 Å². The average Bonchev–Trinajstić information content (AvgIpc) is 2.63. The second-order valence-electron chi connectivity index (χ2n) is 6.97. The highest BCUT2D eigenvalue weighted by Crippen LogP contribution is 2.16. The number of carbonyl (C=O) groups is 2. The van der Waals surface area contributed by atoms with Crippen molar-refractivity contribution in [2.24, 2.45) is 5.92 Å². The summed E-state index contributed by atoms with van der Waals surface area (Å²) in [4.78, 5) is 24.0. The normalized spacial score (nSPS) is 10.6. The minimum absolute atomic E-state index is 0.114. The van der Waals surface area contributed by atoms with E-state index in [0.717, 1.165) is 12.0 Å². The van der Waals surface area contributed by atoms with Gasteiger partial charge in [0, 0.05) is 18.5 Å². The summed E-state index contributed by atoms with van der Waals surface area (Å²) in [5.41, 5.74) is 3.38. The summed E-state index contributed by atoms with van der Waals surface area (Å²) in [5.74, 6) is 0.490. The van der Waals surface area contributed by atoms with Crippen LogP contribution in [0.25, 0.3) is 0 Å². The predicted octanol–water partition coefficient (Wildman–Crippen LogP) is 4.26. The maximum atomic E-state index is 12.3. The molecule has 0 aromatic heterocycles. The van der Waals surface area contributed by atoms with Crippen molar-refractivity contribution < 1.29 is 19.1 Å². The highest BCUT2D eigenvalue weighted by atomic mass is 16.6. The zero-order valence-electron chi connectivity index (χ0n) is 16.7. The Hall–Kier alpha value is -2.86. The molecule has 0 unspecified atom stereocenters. The van der Waals surface area contributed by atoms with E-state index in [1.807, 2.05) is 12.1 Å². The number of amides is 2. The summed E-state index contributed by atoms with van der Waals surface area (Å²) in [6.45, 7) is 4.88. The highest BCUT2D eigenvalue weighted by molar-refractivity contribution is 5.93. The van der Waals surface area contributed by atoms with E-state index in [9.17, 15) is 9.59 Å². The maximum Gasteiger partial charge on any atom is 0.411 e. The van der Waals surface area contributed by atoms with Gasteiger partial charge >= 0.3 is 6.09 Å². The molecule has 0 radical (unpaired) electrons. The zero-order chi connectivity index (χ0) is 20.4. The van der Waals surface area contributed by atoms with Gasteiger partial charge in [0.1, 0.15) is 6.61 Å². The van der Waals surface area contributed by atoms with Crippen molar-refractivity contribution in [3.05, 3.63) is 59.7 Å². The van der Waals surface area contributed by atoms with Gasteiger partial charge < -0.3 is 14.8 Å². The van der Waals surface area contributed by atoms with Crippen molar-refractivity contribution in [2.45, 2.75) is 26.7 Å². The Balaban J connectivity index is 1.87. The van der Waals surface area contributed by atoms with E-state index in [4.69, 9.17) is 9.47 Å². The topological polar surface area (TPSA) is 76.7 Å². The van der Waals surface area contributed by atoms with Gasteiger partial charge in [-0.1, -0.05) is 44.2 Å². The molecule has 28 heavy (non-hydrogen) atoms. The van der Waals surface area contributed by atoms with E-state index < -0.39 is 6.09 Å². The van der Waals surface area contributed by atoms with Crippen LogP contribution in [0.1, 0.15) is 25.0 Å². The van der Waals surface area contributed by atoms with Crippen LogP contribution in [0.4, 0.5) is 16.2 Å². The molecule has 2 amide bonds. The predicted molar refractivity (Wildman–Crippen MR) is 111 cm³/mol. The molecule has 2 aromatic carbocycles. The first kappa shape index (κ1) is 21.4. The molecule has 0 atom stereocenters. The summed E-state index contributed by atoms with van der Waals surface area (Å²) in [5, 5.41) is 5.47.